The summed E-state index contributed by atoms with van der Waals surface area (Å²) in [4.78, 5) is 38.6. The van der Waals surface area contributed by atoms with Crippen LogP contribution in [0.25, 0.3) is 0 Å². The molecule has 0 saturated carbocycles. The lowest BCUT2D eigenvalue weighted by Crippen LogP contribution is -2.30. The Morgan fingerprint density at radius 2 is 1.42 bits per heavy atom. The van der Waals surface area contributed by atoms with Gasteiger partial charge in [-0.3, -0.25) is 14.5 Å². The quantitative estimate of drug-likeness (QED) is 0.370. The number of carbonyl (C=O) groups is 3. The highest BCUT2D eigenvalue weighted by atomic mass is 16.5. The lowest BCUT2D eigenvalue weighted by molar-refractivity contribution is -0.122. The van der Waals surface area contributed by atoms with Gasteiger partial charge < -0.3 is 4.74 Å². The molecule has 1 aliphatic heterocycles. The number of amides is 2. The van der Waals surface area contributed by atoms with Gasteiger partial charge in [0.15, 0.2) is 0 Å². The van der Waals surface area contributed by atoms with Gasteiger partial charge >= 0.3 is 5.97 Å². The van der Waals surface area contributed by atoms with Crippen LogP contribution in [0.4, 0.5) is 5.69 Å². The van der Waals surface area contributed by atoms with Gasteiger partial charge in [-0.2, -0.15) is 0 Å². The van der Waals surface area contributed by atoms with Gasteiger partial charge in [0.2, 0.25) is 11.8 Å². The maximum absolute atomic E-state index is 12.6. The molecule has 1 heterocycles. The van der Waals surface area contributed by atoms with Crippen LogP contribution >= 0.6 is 0 Å². The van der Waals surface area contributed by atoms with Gasteiger partial charge in [0, 0.05) is 0 Å². The highest BCUT2D eigenvalue weighted by Gasteiger charge is 2.47. The zero-order valence-electron chi connectivity index (χ0n) is 14.0. The average Bonchev–Trinajstić information content (AvgIpc) is 2.94. The van der Waals surface area contributed by atoms with Crippen molar-refractivity contribution in [2.45, 2.75) is 12.8 Å². The van der Waals surface area contributed by atoms with Crippen LogP contribution in [0.15, 0.2) is 66.7 Å². The molecule has 2 atom stereocenters. The van der Waals surface area contributed by atoms with E-state index in [9.17, 15) is 14.4 Å². The van der Waals surface area contributed by atoms with E-state index < -0.39 is 5.97 Å². The molecule has 2 aliphatic rings. The molecule has 1 aliphatic carbocycles. The number of benzene rings is 2. The third kappa shape index (κ3) is 2.81. The Morgan fingerprint density at radius 3 is 2.00 bits per heavy atom. The second kappa shape index (κ2) is 6.59. The van der Waals surface area contributed by atoms with E-state index in [2.05, 4.69) is 0 Å². The number of carbonyl (C=O) groups excluding carboxylic acids is 3. The minimum absolute atomic E-state index is 0.163. The number of anilines is 1. The van der Waals surface area contributed by atoms with Gasteiger partial charge in [0.05, 0.1) is 23.1 Å². The summed E-state index contributed by atoms with van der Waals surface area (Å²) in [6, 6.07) is 15.2. The molecule has 0 bridgehead atoms. The molecular weight excluding hydrogens is 330 g/mol. The molecule has 5 heteroatoms. The largest absolute Gasteiger partial charge is 0.423 e. The number of hydrogen-bond donors (Lipinski definition) is 0. The summed E-state index contributed by atoms with van der Waals surface area (Å²) in [6.07, 6.45) is 5.12. The van der Waals surface area contributed by atoms with Gasteiger partial charge in [-0.25, -0.2) is 4.79 Å². The Bertz CT molecular complexity index is 860. The van der Waals surface area contributed by atoms with Crippen LogP contribution in [-0.4, -0.2) is 17.8 Å². The molecule has 0 aromatic heterocycles. The van der Waals surface area contributed by atoms with Gasteiger partial charge in [-0.1, -0.05) is 30.4 Å². The molecule has 130 valence electrons. The molecule has 2 aromatic carbocycles. The Labute approximate surface area is 150 Å². The van der Waals surface area contributed by atoms with Gasteiger partial charge in [-0.05, 0) is 49.2 Å². The molecule has 1 fully saturated rings. The Balaban J connectivity index is 1.52. The van der Waals surface area contributed by atoms with Crippen molar-refractivity contribution in [2.24, 2.45) is 11.8 Å². The zero-order valence-corrected chi connectivity index (χ0v) is 14.0. The summed E-state index contributed by atoms with van der Waals surface area (Å²) < 4.78 is 5.29. The lowest BCUT2D eigenvalue weighted by Gasteiger charge is -2.15. The van der Waals surface area contributed by atoms with Crippen molar-refractivity contribution in [1.82, 2.24) is 0 Å². The van der Waals surface area contributed by atoms with Crippen LogP contribution in [0.2, 0.25) is 0 Å². The van der Waals surface area contributed by atoms with E-state index in [4.69, 9.17) is 4.74 Å². The highest BCUT2D eigenvalue weighted by Crippen LogP contribution is 2.37. The molecule has 0 N–H and O–H groups in total. The van der Waals surface area contributed by atoms with Crippen LogP contribution in [0.1, 0.15) is 23.2 Å². The van der Waals surface area contributed by atoms with Crippen molar-refractivity contribution in [3.63, 3.8) is 0 Å². The molecule has 4 rings (SSSR count). The molecule has 2 aromatic rings. The number of nitrogens with zero attached hydrogens (tertiary/aromatic N) is 1. The fourth-order valence-corrected chi connectivity index (χ4v) is 3.46. The second-order valence-electron chi connectivity index (χ2n) is 6.42. The van der Waals surface area contributed by atoms with Crippen LogP contribution in [0.3, 0.4) is 0 Å². The van der Waals surface area contributed by atoms with E-state index in [0.717, 1.165) is 0 Å². The Hall–Kier alpha value is -3.21. The minimum atomic E-state index is -0.486. The monoisotopic (exact) mass is 347 g/mol. The third-order valence-electron chi connectivity index (χ3n) is 4.82. The van der Waals surface area contributed by atoms with Crippen molar-refractivity contribution in [3.8, 4) is 5.75 Å². The fraction of sp³-hybridized carbons (Fsp3) is 0.190. The van der Waals surface area contributed by atoms with Crippen molar-refractivity contribution >= 4 is 23.5 Å². The Morgan fingerprint density at radius 1 is 0.846 bits per heavy atom. The summed E-state index contributed by atoms with van der Waals surface area (Å²) in [7, 11) is 0. The summed E-state index contributed by atoms with van der Waals surface area (Å²) >= 11 is 0. The van der Waals surface area contributed by atoms with Crippen molar-refractivity contribution in [1.29, 1.82) is 0 Å². The first-order valence-corrected chi connectivity index (χ1v) is 8.55. The zero-order chi connectivity index (χ0) is 18.1. The van der Waals surface area contributed by atoms with E-state index in [1.165, 1.54) is 4.90 Å². The molecule has 26 heavy (non-hydrogen) atoms. The first-order valence-electron chi connectivity index (χ1n) is 8.55. The smallest absolute Gasteiger partial charge is 0.343 e. The van der Waals surface area contributed by atoms with Crippen molar-refractivity contribution < 1.29 is 19.1 Å². The average molecular weight is 347 g/mol. The van der Waals surface area contributed by atoms with Crippen molar-refractivity contribution in [3.05, 3.63) is 72.3 Å². The number of imide groups is 1. The Kier molecular flexibility index (Phi) is 4.13. The number of esters is 1. The highest BCUT2D eigenvalue weighted by molar-refractivity contribution is 6.22. The van der Waals surface area contributed by atoms with Gasteiger partial charge in [0.25, 0.3) is 0 Å². The molecule has 0 spiro atoms. The lowest BCUT2D eigenvalue weighted by atomic mass is 9.85. The summed E-state index contributed by atoms with van der Waals surface area (Å²) in [6.45, 7) is 0. The van der Waals surface area contributed by atoms with E-state index in [1.54, 1.807) is 48.5 Å². The van der Waals surface area contributed by atoms with Crippen LogP contribution in [0, 0.1) is 11.8 Å². The topological polar surface area (TPSA) is 63.7 Å². The normalized spacial score (nSPS) is 21.6. The van der Waals surface area contributed by atoms with Crippen LogP contribution < -0.4 is 9.64 Å². The fourth-order valence-electron chi connectivity index (χ4n) is 3.46. The van der Waals surface area contributed by atoms with E-state index >= 15 is 0 Å². The molecule has 0 radical (unpaired) electrons. The van der Waals surface area contributed by atoms with E-state index in [0.29, 0.717) is 29.8 Å². The van der Waals surface area contributed by atoms with E-state index in [-0.39, 0.29) is 23.7 Å². The second-order valence-corrected chi connectivity index (χ2v) is 6.42. The predicted molar refractivity (Wildman–Crippen MR) is 95.7 cm³/mol. The summed E-state index contributed by atoms with van der Waals surface area (Å²) in [5.41, 5.74) is 0.849. The molecule has 2 amide bonds. The number of hydrogen-bond acceptors (Lipinski definition) is 4. The summed E-state index contributed by atoms with van der Waals surface area (Å²) in [5.74, 6) is -0.888. The van der Waals surface area contributed by atoms with Crippen LogP contribution in [0.5, 0.6) is 5.75 Å². The first-order chi connectivity index (χ1) is 12.6. The number of allylic oxidation sites excluding steroid dienone is 2. The number of ether oxygens (including phenoxy) is 1. The third-order valence-corrected chi connectivity index (χ3v) is 4.82. The maximum atomic E-state index is 12.6. The number of para-hydroxylation sites is 1. The molecule has 5 nitrogen and oxygen atoms in total. The number of fused-ring (bicyclic) bond motifs is 1. The first kappa shape index (κ1) is 16.3. The molecular formula is C21H17NO4. The van der Waals surface area contributed by atoms with Crippen LogP contribution in [-0.2, 0) is 9.59 Å². The molecule has 1 saturated heterocycles. The van der Waals surface area contributed by atoms with Gasteiger partial charge in [-0.15, -0.1) is 0 Å². The minimum Gasteiger partial charge on any atom is -0.423 e. The van der Waals surface area contributed by atoms with Gasteiger partial charge in [0.1, 0.15) is 5.75 Å². The van der Waals surface area contributed by atoms with Crippen molar-refractivity contribution in [2.75, 3.05) is 4.90 Å². The predicted octanol–water partition coefficient (Wildman–Crippen LogP) is 3.36. The van der Waals surface area contributed by atoms with E-state index in [1.807, 2.05) is 18.2 Å². The SMILES string of the molecule is O=C(Oc1ccccc1)c1ccc(N2C(=O)[C@H]3CC=CC[C@@H]3C2=O)cc1. The maximum Gasteiger partial charge on any atom is 0.343 e. The standard InChI is InChI=1S/C21H17NO4/c23-19-17-8-4-5-9-18(17)20(24)22(19)15-12-10-14(11-13-15)21(25)26-16-6-2-1-3-7-16/h1-7,10-13,17-18H,8-9H2/t17-,18-/m0/s1. The number of rotatable bonds is 3. The summed E-state index contributed by atoms with van der Waals surface area (Å²) in [5, 5.41) is 0. The molecule has 0 unspecified atom stereocenters.